The molecule has 1 rings (SSSR count). The highest BCUT2D eigenvalue weighted by atomic mass is 79.9. The van der Waals surface area contributed by atoms with Gasteiger partial charge in [-0.05, 0) is 30.2 Å². The molecule has 0 aliphatic rings. The highest BCUT2D eigenvalue weighted by Crippen LogP contribution is 2.27. The van der Waals surface area contributed by atoms with Crippen LogP contribution in [0.5, 0.6) is 5.75 Å². The molecule has 0 aliphatic carbocycles. The summed E-state index contributed by atoms with van der Waals surface area (Å²) in [6, 6.07) is 3.80. The SMILES string of the molecule is COc1cc(CN=C=O)c(Br)cc1C. The molecule has 0 aliphatic heterocycles. The number of hydrogen-bond acceptors (Lipinski definition) is 3. The number of ether oxygens (including phenoxy) is 1. The molecule has 0 spiro atoms. The number of isocyanates is 1. The van der Waals surface area contributed by atoms with E-state index in [2.05, 4.69) is 20.9 Å². The number of halogens is 1. The molecule has 1 aromatic carbocycles. The molecule has 1 aromatic rings. The normalized spacial score (nSPS) is 9.36. The number of aliphatic imine (C=N–C) groups is 1. The molecule has 0 fully saturated rings. The van der Waals surface area contributed by atoms with Gasteiger partial charge in [0.15, 0.2) is 0 Å². The maximum atomic E-state index is 9.97. The van der Waals surface area contributed by atoms with Crippen LogP contribution in [-0.2, 0) is 11.3 Å². The number of benzene rings is 1. The van der Waals surface area contributed by atoms with Gasteiger partial charge in [-0.25, -0.2) is 9.79 Å². The van der Waals surface area contributed by atoms with Gasteiger partial charge in [0.2, 0.25) is 6.08 Å². The van der Waals surface area contributed by atoms with Gasteiger partial charge >= 0.3 is 0 Å². The summed E-state index contributed by atoms with van der Waals surface area (Å²) in [6.45, 7) is 2.27. The fourth-order valence-corrected chi connectivity index (χ4v) is 1.74. The average Bonchev–Trinajstić information content (AvgIpc) is 2.17. The molecule has 0 bridgehead atoms. The molecule has 0 atom stereocenters. The zero-order valence-corrected chi connectivity index (χ0v) is 9.59. The van der Waals surface area contributed by atoms with Crippen molar-refractivity contribution in [3.05, 3.63) is 27.7 Å². The number of rotatable bonds is 3. The minimum Gasteiger partial charge on any atom is -0.496 e. The van der Waals surface area contributed by atoms with Crippen LogP contribution in [-0.4, -0.2) is 13.2 Å². The third-order valence-electron chi connectivity index (χ3n) is 1.88. The number of carbonyl (C=O) groups excluding carboxylic acids is 1. The molecule has 0 unspecified atom stereocenters. The molecule has 0 saturated heterocycles. The maximum Gasteiger partial charge on any atom is 0.235 e. The van der Waals surface area contributed by atoms with E-state index in [-0.39, 0.29) is 0 Å². The summed E-state index contributed by atoms with van der Waals surface area (Å²) in [6.07, 6.45) is 1.51. The number of nitrogens with zero attached hydrogens (tertiary/aromatic N) is 1. The van der Waals surface area contributed by atoms with E-state index in [4.69, 9.17) is 4.74 Å². The summed E-state index contributed by atoms with van der Waals surface area (Å²) in [5.41, 5.74) is 1.95. The van der Waals surface area contributed by atoms with Gasteiger partial charge in [0.1, 0.15) is 5.75 Å². The molecule has 3 nitrogen and oxygen atoms in total. The molecule has 0 aromatic heterocycles. The van der Waals surface area contributed by atoms with Crippen LogP contribution in [0.2, 0.25) is 0 Å². The average molecular weight is 256 g/mol. The van der Waals surface area contributed by atoms with Crippen molar-refractivity contribution in [2.24, 2.45) is 4.99 Å². The van der Waals surface area contributed by atoms with Gasteiger partial charge in [-0.15, -0.1) is 0 Å². The second kappa shape index (κ2) is 4.94. The lowest BCUT2D eigenvalue weighted by atomic mass is 10.1. The van der Waals surface area contributed by atoms with Crippen molar-refractivity contribution in [3.8, 4) is 5.75 Å². The molecule has 4 heteroatoms. The number of aryl methyl sites for hydroxylation is 1. The Labute approximate surface area is 90.9 Å². The highest BCUT2D eigenvalue weighted by Gasteiger charge is 2.05. The molecule has 0 heterocycles. The van der Waals surface area contributed by atoms with Gasteiger partial charge in [-0.3, -0.25) is 0 Å². The van der Waals surface area contributed by atoms with E-state index in [1.54, 1.807) is 7.11 Å². The Morgan fingerprint density at radius 2 is 2.29 bits per heavy atom. The summed E-state index contributed by atoms with van der Waals surface area (Å²) < 4.78 is 6.09. The fraction of sp³-hybridized carbons (Fsp3) is 0.300. The molecule has 0 N–H and O–H groups in total. The van der Waals surface area contributed by atoms with E-state index in [9.17, 15) is 4.79 Å². The van der Waals surface area contributed by atoms with Gasteiger partial charge < -0.3 is 4.74 Å². The van der Waals surface area contributed by atoms with Crippen LogP contribution in [0.15, 0.2) is 21.6 Å². The Bertz CT molecular complexity index is 384. The summed E-state index contributed by atoms with van der Waals surface area (Å²) in [5.74, 6) is 0.796. The van der Waals surface area contributed by atoms with Crippen molar-refractivity contribution in [3.63, 3.8) is 0 Å². The van der Waals surface area contributed by atoms with E-state index < -0.39 is 0 Å². The van der Waals surface area contributed by atoms with Crippen molar-refractivity contribution in [2.75, 3.05) is 7.11 Å². The summed E-state index contributed by atoms with van der Waals surface area (Å²) in [5, 5.41) is 0. The molecule has 0 radical (unpaired) electrons. The second-order valence-corrected chi connectivity index (χ2v) is 3.68. The van der Waals surface area contributed by atoms with Gasteiger partial charge in [0.05, 0.1) is 13.7 Å². The Morgan fingerprint density at radius 1 is 1.57 bits per heavy atom. The third kappa shape index (κ3) is 2.44. The van der Waals surface area contributed by atoms with E-state index >= 15 is 0 Å². The molecular weight excluding hydrogens is 246 g/mol. The van der Waals surface area contributed by atoms with Gasteiger partial charge in [-0.1, -0.05) is 15.9 Å². The Morgan fingerprint density at radius 3 is 2.86 bits per heavy atom. The molecule has 74 valence electrons. The largest absolute Gasteiger partial charge is 0.496 e. The first kappa shape index (κ1) is 11.0. The van der Waals surface area contributed by atoms with Crippen LogP contribution in [0.4, 0.5) is 0 Å². The van der Waals surface area contributed by atoms with E-state index in [1.165, 1.54) is 6.08 Å². The quantitative estimate of drug-likeness (QED) is 0.615. The second-order valence-electron chi connectivity index (χ2n) is 2.82. The van der Waals surface area contributed by atoms with Crippen molar-refractivity contribution < 1.29 is 9.53 Å². The molecule has 14 heavy (non-hydrogen) atoms. The molecular formula is C10H10BrNO2. The first-order valence-corrected chi connectivity index (χ1v) is 4.85. The lowest BCUT2D eigenvalue weighted by molar-refractivity contribution is 0.411. The number of hydrogen-bond donors (Lipinski definition) is 0. The predicted molar refractivity (Wildman–Crippen MR) is 57.3 cm³/mol. The Kier molecular flexibility index (Phi) is 3.86. The van der Waals surface area contributed by atoms with Gasteiger partial charge in [-0.2, -0.15) is 0 Å². The molecule has 0 amide bonds. The van der Waals surface area contributed by atoms with Crippen molar-refractivity contribution >= 4 is 22.0 Å². The van der Waals surface area contributed by atoms with Crippen molar-refractivity contribution in [1.29, 1.82) is 0 Å². The third-order valence-corrected chi connectivity index (χ3v) is 2.62. The Hall–Kier alpha value is -1.12. The van der Waals surface area contributed by atoms with Crippen molar-refractivity contribution in [1.82, 2.24) is 0 Å². The minimum atomic E-state index is 0.320. The first-order valence-electron chi connectivity index (χ1n) is 4.05. The van der Waals surface area contributed by atoms with E-state index in [0.29, 0.717) is 6.54 Å². The number of methoxy groups -OCH3 is 1. The monoisotopic (exact) mass is 255 g/mol. The smallest absolute Gasteiger partial charge is 0.235 e. The maximum absolute atomic E-state index is 9.97. The van der Waals surface area contributed by atoms with E-state index in [1.807, 2.05) is 19.1 Å². The molecule has 0 saturated carbocycles. The highest BCUT2D eigenvalue weighted by molar-refractivity contribution is 9.10. The van der Waals surface area contributed by atoms with Crippen LogP contribution >= 0.6 is 15.9 Å². The summed E-state index contributed by atoms with van der Waals surface area (Å²) in [4.78, 5) is 13.5. The first-order chi connectivity index (χ1) is 6.69. The fourth-order valence-electron chi connectivity index (χ4n) is 1.15. The van der Waals surface area contributed by atoms with Crippen LogP contribution < -0.4 is 4.74 Å². The van der Waals surface area contributed by atoms with Crippen LogP contribution in [0.25, 0.3) is 0 Å². The topological polar surface area (TPSA) is 38.7 Å². The van der Waals surface area contributed by atoms with E-state index in [0.717, 1.165) is 21.3 Å². The zero-order valence-electron chi connectivity index (χ0n) is 8.00. The van der Waals surface area contributed by atoms with Gasteiger partial charge in [0, 0.05) is 4.47 Å². The lowest BCUT2D eigenvalue weighted by Gasteiger charge is -2.08. The Balaban J connectivity index is 3.10. The van der Waals surface area contributed by atoms with Crippen LogP contribution in [0, 0.1) is 6.92 Å². The van der Waals surface area contributed by atoms with Crippen LogP contribution in [0.1, 0.15) is 11.1 Å². The van der Waals surface area contributed by atoms with Crippen LogP contribution in [0.3, 0.4) is 0 Å². The minimum absolute atomic E-state index is 0.320. The zero-order chi connectivity index (χ0) is 10.6. The lowest BCUT2D eigenvalue weighted by Crippen LogP contribution is -1.91. The summed E-state index contributed by atoms with van der Waals surface area (Å²) >= 11 is 3.40. The summed E-state index contributed by atoms with van der Waals surface area (Å²) in [7, 11) is 1.61. The van der Waals surface area contributed by atoms with Crippen molar-refractivity contribution in [2.45, 2.75) is 13.5 Å². The predicted octanol–water partition coefficient (Wildman–Crippen LogP) is 2.60. The van der Waals surface area contributed by atoms with Gasteiger partial charge in [0.25, 0.3) is 0 Å². The standard InChI is InChI=1S/C10H10BrNO2/c1-7-3-9(11)8(5-12-6-13)4-10(7)14-2/h3-4H,5H2,1-2H3.